The van der Waals surface area contributed by atoms with Gasteiger partial charge in [-0.3, -0.25) is 4.79 Å². The number of nitrogens with one attached hydrogen (secondary N) is 1. The molecule has 0 bridgehead atoms. The van der Waals surface area contributed by atoms with Gasteiger partial charge in [-0.1, -0.05) is 6.07 Å². The molecule has 1 N–H and O–H groups in total. The fourth-order valence-corrected chi connectivity index (χ4v) is 1.55. The lowest BCUT2D eigenvalue weighted by Crippen LogP contribution is -2.25. The van der Waals surface area contributed by atoms with Crippen LogP contribution < -0.4 is 10.2 Å². The maximum atomic E-state index is 11.9. The lowest BCUT2D eigenvalue weighted by molar-refractivity contribution is 0.0944. The van der Waals surface area contributed by atoms with Gasteiger partial charge >= 0.3 is 0 Å². The predicted octanol–water partition coefficient (Wildman–Crippen LogP) is 1.91. The first-order chi connectivity index (χ1) is 8.65. The summed E-state index contributed by atoms with van der Waals surface area (Å²) in [5, 5.41) is 2.89. The number of carbonyl (C=O) groups is 1. The third-order valence-corrected chi connectivity index (χ3v) is 2.58. The summed E-state index contributed by atoms with van der Waals surface area (Å²) in [6.07, 6.45) is 0.840. The smallest absolute Gasteiger partial charge is 0.251 e. The van der Waals surface area contributed by atoms with Crippen molar-refractivity contribution in [2.24, 2.45) is 0 Å². The van der Waals surface area contributed by atoms with Crippen LogP contribution in [-0.2, 0) is 4.74 Å². The monoisotopic (exact) mass is 250 g/mol. The van der Waals surface area contributed by atoms with Crippen LogP contribution in [0.15, 0.2) is 24.3 Å². The molecule has 1 aromatic carbocycles. The molecule has 0 aromatic heterocycles. The van der Waals surface area contributed by atoms with Crippen LogP contribution in [0.5, 0.6) is 0 Å². The van der Waals surface area contributed by atoms with E-state index in [1.807, 2.05) is 50.2 Å². The van der Waals surface area contributed by atoms with E-state index in [0.717, 1.165) is 18.7 Å². The van der Waals surface area contributed by atoms with Gasteiger partial charge in [0.25, 0.3) is 5.91 Å². The molecule has 1 aromatic rings. The second-order valence-corrected chi connectivity index (χ2v) is 4.25. The zero-order valence-electron chi connectivity index (χ0n) is 11.4. The Morgan fingerprint density at radius 1 is 1.39 bits per heavy atom. The van der Waals surface area contributed by atoms with Gasteiger partial charge in [-0.05, 0) is 31.5 Å². The summed E-state index contributed by atoms with van der Waals surface area (Å²) in [6.45, 7) is 4.02. The third kappa shape index (κ3) is 4.75. The first-order valence-corrected chi connectivity index (χ1v) is 6.28. The van der Waals surface area contributed by atoms with Gasteiger partial charge < -0.3 is 15.0 Å². The molecule has 4 heteroatoms. The summed E-state index contributed by atoms with van der Waals surface area (Å²) in [7, 11) is 3.91. The van der Waals surface area contributed by atoms with Crippen molar-refractivity contribution in [1.29, 1.82) is 0 Å². The Hall–Kier alpha value is -1.55. The van der Waals surface area contributed by atoms with E-state index in [1.54, 1.807) is 0 Å². The second kappa shape index (κ2) is 7.71. The van der Waals surface area contributed by atoms with Crippen molar-refractivity contribution < 1.29 is 9.53 Å². The van der Waals surface area contributed by atoms with E-state index in [2.05, 4.69) is 5.32 Å². The van der Waals surface area contributed by atoms with Gasteiger partial charge in [-0.15, -0.1) is 0 Å². The van der Waals surface area contributed by atoms with E-state index >= 15 is 0 Å². The molecule has 0 heterocycles. The molecule has 0 aliphatic rings. The molecule has 0 saturated carbocycles. The molecule has 18 heavy (non-hydrogen) atoms. The molecule has 0 unspecified atom stereocenters. The van der Waals surface area contributed by atoms with Crippen molar-refractivity contribution in [1.82, 2.24) is 5.32 Å². The second-order valence-electron chi connectivity index (χ2n) is 4.25. The van der Waals surface area contributed by atoms with Crippen molar-refractivity contribution >= 4 is 11.6 Å². The quantitative estimate of drug-likeness (QED) is 0.752. The summed E-state index contributed by atoms with van der Waals surface area (Å²) in [4.78, 5) is 13.9. The van der Waals surface area contributed by atoms with E-state index in [9.17, 15) is 4.79 Å². The zero-order valence-corrected chi connectivity index (χ0v) is 11.4. The highest BCUT2D eigenvalue weighted by Crippen LogP contribution is 2.13. The molecule has 0 spiro atoms. The molecule has 0 aliphatic heterocycles. The molecule has 100 valence electrons. The SMILES string of the molecule is CCOCCCNC(=O)c1cccc(N(C)C)c1. The van der Waals surface area contributed by atoms with E-state index in [-0.39, 0.29) is 5.91 Å². The van der Waals surface area contributed by atoms with E-state index < -0.39 is 0 Å². The fourth-order valence-electron chi connectivity index (χ4n) is 1.55. The number of anilines is 1. The Kier molecular flexibility index (Phi) is 6.22. The molecular formula is C14H22N2O2. The van der Waals surface area contributed by atoms with Gasteiger partial charge in [-0.25, -0.2) is 0 Å². The van der Waals surface area contributed by atoms with E-state index in [4.69, 9.17) is 4.74 Å². The van der Waals surface area contributed by atoms with Crippen LogP contribution in [-0.4, -0.2) is 39.8 Å². The van der Waals surface area contributed by atoms with Crippen molar-refractivity contribution in [3.05, 3.63) is 29.8 Å². The van der Waals surface area contributed by atoms with E-state index in [1.165, 1.54) is 0 Å². The van der Waals surface area contributed by atoms with Crippen LogP contribution in [0, 0.1) is 0 Å². The topological polar surface area (TPSA) is 41.6 Å². The van der Waals surface area contributed by atoms with Gasteiger partial charge in [0.05, 0.1) is 0 Å². The van der Waals surface area contributed by atoms with E-state index in [0.29, 0.717) is 18.7 Å². The molecule has 1 amide bonds. The number of ether oxygens (including phenoxy) is 1. The average Bonchev–Trinajstić information content (AvgIpc) is 2.38. The van der Waals surface area contributed by atoms with Crippen LogP contribution >= 0.6 is 0 Å². The maximum absolute atomic E-state index is 11.9. The Bertz CT molecular complexity index is 378. The van der Waals surface area contributed by atoms with Crippen LogP contribution in [0.1, 0.15) is 23.7 Å². The highest BCUT2D eigenvalue weighted by Gasteiger charge is 2.05. The minimum atomic E-state index is -0.0322. The molecular weight excluding hydrogens is 228 g/mol. The third-order valence-electron chi connectivity index (χ3n) is 2.58. The fraction of sp³-hybridized carbons (Fsp3) is 0.500. The van der Waals surface area contributed by atoms with Gasteiger partial charge in [0, 0.05) is 45.1 Å². The highest BCUT2D eigenvalue weighted by atomic mass is 16.5. The number of hydrogen-bond acceptors (Lipinski definition) is 3. The molecule has 0 fully saturated rings. The van der Waals surface area contributed by atoms with Crippen LogP contribution in [0.2, 0.25) is 0 Å². The Labute approximate surface area is 109 Å². The predicted molar refractivity (Wildman–Crippen MR) is 74.2 cm³/mol. The Balaban J connectivity index is 2.44. The van der Waals surface area contributed by atoms with Crippen molar-refractivity contribution in [2.75, 3.05) is 38.8 Å². The van der Waals surface area contributed by atoms with Crippen molar-refractivity contribution in [3.63, 3.8) is 0 Å². The summed E-state index contributed by atoms with van der Waals surface area (Å²) in [6, 6.07) is 7.58. The molecule has 0 atom stereocenters. The summed E-state index contributed by atoms with van der Waals surface area (Å²) in [5.41, 5.74) is 1.72. The normalized spacial score (nSPS) is 10.2. The number of nitrogens with zero attached hydrogens (tertiary/aromatic N) is 1. The van der Waals surface area contributed by atoms with Gasteiger partial charge in [0.1, 0.15) is 0 Å². The number of amides is 1. The van der Waals surface area contributed by atoms with Crippen LogP contribution in [0.3, 0.4) is 0 Å². The number of rotatable bonds is 7. The van der Waals surface area contributed by atoms with Crippen LogP contribution in [0.4, 0.5) is 5.69 Å². The average molecular weight is 250 g/mol. The molecule has 0 saturated heterocycles. The van der Waals surface area contributed by atoms with Gasteiger partial charge in [-0.2, -0.15) is 0 Å². The zero-order chi connectivity index (χ0) is 13.4. The standard InChI is InChI=1S/C14H22N2O2/c1-4-18-10-6-9-15-14(17)12-7-5-8-13(11-12)16(2)3/h5,7-8,11H,4,6,9-10H2,1-3H3,(H,15,17). The highest BCUT2D eigenvalue weighted by molar-refractivity contribution is 5.95. The Morgan fingerprint density at radius 2 is 2.17 bits per heavy atom. The first-order valence-electron chi connectivity index (χ1n) is 6.28. The molecule has 1 rings (SSSR count). The largest absolute Gasteiger partial charge is 0.382 e. The first kappa shape index (κ1) is 14.5. The lowest BCUT2D eigenvalue weighted by atomic mass is 10.2. The number of benzene rings is 1. The molecule has 0 aliphatic carbocycles. The summed E-state index contributed by atoms with van der Waals surface area (Å²) in [5.74, 6) is -0.0322. The summed E-state index contributed by atoms with van der Waals surface area (Å²) < 4.78 is 5.21. The number of hydrogen-bond donors (Lipinski definition) is 1. The van der Waals surface area contributed by atoms with Crippen LogP contribution in [0.25, 0.3) is 0 Å². The summed E-state index contributed by atoms with van der Waals surface area (Å²) >= 11 is 0. The lowest BCUT2D eigenvalue weighted by Gasteiger charge is -2.13. The van der Waals surface area contributed by atoms with Gasteiger partial charge in [0.2, 0.25) is 0 Å². The minimum absolute atomic E-state index is 0.0322. The minimum Gasteiger partial charge on any atom is -0.382 e. The van der Waals surface area contributed by atoms with Crippen molar-refractivity contribution in [2.45, 2.75) is 13.3 Å². The Morgan fingerprint density at radius 3 is 2.83 bits per heavy atom. The molecule has 4 nitrogen and oxygen atoms in total. The maximum Gasteiger partial charge on any atom is 0.251 e. The van der Waals surface area contributed by atoms with Crippen molar-refractivity contribution in [3.8, 4) is 0 Å². The number of carbonyl (C=O) groups excluding carboxylic acids is 1. The van der Waals surface area contributed by atoms with Gasteiger partial charge in [0.15, 0.2) is 0 Å². The molecule has 0 radical (unpaired) electrons.